The summed E-state index contributed by atoms with van der Waals surface area (Å²) in [7, 11) is 1.94. The van der Waals surface area contributed by atoms with E-state index < -0.39 is 0 Å². The highest BCUT2D eigenvalue weighted by Crippen LogP contribution is 2.08. The van der Waals surface area contributed by atoms with Crippen LogP contribution in [0.25, 0.3) is 0 Å². The normalized spacial score (nSPS) is 11.0. The Morgan fingerprint density at radius 3 is 2.45 bits per heavy atom. The average molecular weight is 153 g/mol. The molecule has 1 aromatic heterocycles. The van der Waals surface area contributed by atoms with E-state index in [4.69, 9.17) is 0 Å². The van der Waals surface area contributed by atoms with Crippen molar-refractivity contribution in [2.45, 2.75) is 27.2 Å². The molecule has 0 saturated heterocycles. The van der Waals surface area contributed by atoms with Crippen LogP contribution >= 0.6 is 0 Å². The first-order valence-electron chi connectivity index (χ1n) is 3.96. The van der Waals surface area contributed by atoms with E-state index in [-0.39, 0.29) is 0 Å². The zero-order valence-corrected chi connectivity index (χ0v) is 7.63. The molecule has 0 bridgehead atoms. The van der Waals surface area contributed by atoms with Crippen LogP contribution in [0.4, 0.5) is 0 Å². The minimum Gasteiger partial charge on any atom is -0.252 e. The summed E-state index contributed by atoms with van der Waals surface area (Å²) < 4.78 is 1.86. The second-order valence-electron chi connectivity index (χ2n) is 3.34. The summed E-state index contributed by atoms with van der Waals surface area (Å²) >= 11 is 0. The summed E-state index contributed by atoms with van der Waals surface area (Å²) in [5.41, 5.74) is 2.31. The maximum Gasteiger partial charge on any atom is 0.0828 e. The van der Waals surface area contributed by atoms with Gasteiger partial charge < -0.3 is 0 Å². The molecule has 0 N–H and O–H groups in total. The van der Waals surface area contributed by atoms with Gasteiger partial charge in [-0.25, -0.2) is 0 Å². The number of hydrogen-bond acceptors (Lipinski definition) is 2. The molecule has 3 nitrogen and oxygen atoms in total. The van der Waals surface area contributed by atoms with Crippen LogP contribution in [0.15, 0.2) is 0 Å². The molecule has 1 heterocycles. The molecular weight excluding hydrogens is 138 g/mol. The highest BCUT2D eigenvalue weighted by Gasteiger charge is 2.07. The maximum absolute atomic E-state index is 3.98. The molecule has 0 aliphatic carbocycles. The van der Waals surface area contributed by atoms with Gasteiger partial charge in [0, 0.05) is 7.05 Å². The monoisotopic (exact) mass is 153 g/mol. The molecule has 62 valence electrons. The summed E-state index contributed by atoms with van der Waals surface area (Å²) in [4.78, 5) is 0. The molecule has 0 aromatic carbocycles. The van der Waals surface area contributed by atoms with Gasteiger partial charge >= 0.3 is 0 Å². The molecule has 11 heavy (non-hydrogen) atoms. The summed E-state index contributed by atoms with van der Waals surface area (Å²) in [6, 6.07) is 0. The van der Waals surface area contributed by atoms with Gasteiger partial charge in [-0.1, -0.05) is 19.1 Å². The molecule has 0 saturated carbocycles. The Morgan fingerprint density at radius 1 is 1.45 bits per heavy atom. The molecule has 0 spiro atoms. The zero-order valence-electron chi connectivity index (χ0n) is 7.63. The number of rotatable bonds is 2. The summed E-state index contributed by atoms with van der Waals surface area (Å²) in [6.07, 6.45) is 1.06. The van der Waals surface area contributed by atoms with Crippen LogP contribution < -0.4 is 0 Å². The fourth-order valence-electron chi connectivity index (χ4n) is 1.15. The largest absolute Gasteiger partial charge is 0.252 e. The number of aromatic nitrogens is 3. The molecule has 3 heteroatoms. The van der Waals surface area contributed by atoms with E-state index >= 15 is 0 Å². The van der Waals surface area contributed by atoms with Crippen molar-refractivity contribution in [3.8, 4) is 0 Å². The first-order chi connectivity index (χ1) is 5.11. The Morgan fingerprint density at radius 2 is 2.09 bits per heavy atom. The van der Waals surface area contributed by atoms with Crippen LogP contribution in [0.1, 0.15) is 25.2 Å². The lowest BCUT2D eigenvalue weighted by atomic mass is 10.1. The van der Waals surface area contributed by atoms with E-state index in [0.717, 1.165) is 12.1 Å². The second-order valence-corrected chi connectivity index (χ2v) is 3.34. The van der Waals surface area contributed by atoms with E-state index in [9.17, 15) is 0 Å². The average Bonchev–Trinajstić information content (AvgIpc) is 2.18. The Kier molecular flexibility index (Phi) is 2.27. The Labute approximate surface area is 67.4 Å². The van der Waals surface area contributed by atoms with Gasteiger partial charge in [0.05, 0.1) is 11.4 Å². The van der Waals surface area contributed by atoms with E-state index in [1.165, 1.54) is 5.69 Å². The van der Waals surface area contributed by atoms with E-state index in [0.29, 0.717) is 5.92 Å². The first-order valence-corrected chi connectivity index (χ1v) is 3.96. The van der Waals surface area contributed by atoms with Crippen molar-refractivity contribution >= 4 is 0 Å². The third kappa shape index (κ3) is 1.79. The summed E-state index contributed by atoms with van der Waals surface area (Å²) in [5.74, 6) is 0.672. The smallest absolute Gasteiger partial charge is 0.0828 e. The lowest BCUT2D eigenvalue weighted by Gasteiger charge is -2.04. The zero-order chi connectivity index (χ0) is 8.43. The second kappa shape index (κ2) is 3.03. The molecule has 0 aliphatic heterocycles. The van der Waals surface area contributed by atoms with Gasteiger partial charge in [-0.15, -0.1) is 5.10 Å². The minimum absolute atomic E-state index is 0.672. The van der Waals surface area contributed by atoms with Crippen LogP contribution in [-0.2, 0) is 13.5 Å². The molecule has 1 aromatic rings. The Balaban J connectivity index is 2.83. The van der Waals surface area contributed by atoms with Crippen molar-refractivity contribution in [2.75, 3.05) is 0 Å². The molecule has 0 unspecified atom stereocenters. The molecule has 0 radical (unpaired) electrons. The number of aryl methyl sites for hydroxylation is 2. The van der Waals surface area contributed by atoms with Crippen molar-refractivity contribution in [1.82, 2.24) is 15.0 Å². The molecule has 0 amide bonds. The molecule has 0 aliphatic rings. The highest BCUT2D eigenvalue weighted by atomic mass is 15.4. The van der Waals surface area contributed by atoms with Gasteiger partial charge in [0.1, 0.15) is 0 Å². The van der Waals surface area contributed by atoms with Gasteiger partial charge in [-0.05, 0) is 19.3 Å². The van der Waals surface area contributed by atoms with Gasteiger partial charge in [0.15, 0.2) is 0 Å². The standard InChI is InChI=1S/C8H15N3/c1-6(2)5-8-7(3)9-10-11(8)4/h6H,5H2,1-4H3. The highest BCUT2D eigenvalue weighted by molar-refractivity contribution is 5.07. The third-order valence-corrected chi connectivity index (χ3v) is 1.74. The van der Waals surface area contributed by atoms with E-state index in [1.807, 2.05) is 18.7 Å². The fraction of sp³-hybridized carbons (Fsp3) is 0.750. The maximum atomic E-state index is 3.98. The van der Waals surface area contributed by atoms with Gasteiger partial charge in [-0.3, -0.25) is 4.68 Å². The van der Waals surface area contributed by atoms with Crippen molar-refractivity contribution in [1.29, 1.82) is 0 Å². The Hall–Kier alpha value is -0.860. The number of nitrogens with zero attached hydrogens (tertiary/aromatic N) is 3. The first kappa shape index (κ1) is 8.24. The predicted octanol–water partition coefficient (Wildman–Crippen LogP) is 1.32. The lowest BCUT2D eigenvalue weighted by molar-refractivity contribution is 0.589. The fourth-order valence-corrected chi connectivity index (χ4v) is 1.15. The predicted molar refractivity (Wildman–Crippen MR) is 44.3 cm³/mol. The minimum atomic E-state index is 0.672. The topological polar surface area (TPSA) is 30.7 Å². The summed E-state index contributed by atoms with van der Waals surface area (Å²) in [5, 5.41) is 7.92. The van der Waals surface area contributed by atoms with Crippen molar-refractivity contribution in [3.05, 3.63) is 11.4 Å². The van der Waals surface area contributed by atoms with Crippen LogP contribution in [0.3, 0.4) is 0 Å². The quantitative estimate of drug-likeness (QED) is 0.641. The van der Waals surface area contributed by atoms with Crippen LogP contribution in [-0.4, -0.2) is 15.0 Å². The molecule has 1 rings (SSSR count). The van der Waals surface area contributed by atoms with Crippen LogP contribution in [0.5, 0.6) is 0 Å². The van der Waals surface area contributed by atoms with Crippen LogP contribution in [0, 0.1) is 12.8 Å². The summed E-state index contributed by atoms with van der Waals surface area (Å²) in [6.45, 7) is 6.41. The van der Waals surface area contributed by atoms with Gasteiger partial charge in [0.25, 0.3) is 0 Å². The van der Waals surface area contributed by atoms with Gasteiger partial charge in [0.2, 0.25) is 0 Å². The van der Waals surface area contributed by atoms with Crippen LogP contribution in [0.2, 0.25) is 0 Å². The molecular formula is C8H15N3. The SMILES string of the molecule is Cc1nnn(C)c1CC(C)C. The van der Waals surface area contributed by atoms with Gasteiger partial charge in [-0.2, -0.15) is 0 Å². The Bertz CT molecular complexity index is 218. The van der Waals surface area contributed by atoms with E-state index in [1.54, 1.807) is 0 Å². The van der Waals surface area contributed by atoms with Crippen molar-refractivity contribution < 1.29 is 0 Å². The van der Waals surface area contributed by atoms with Crippen molar-refractivity contribution in [3.63, 3.8) is 0 Å². The number of hydrogen-bond donors (Lipinski definition) is 0. The molecule has 0 fully saturated rings. The van der Waals surface area contributed by atoms with E-state index in [2.05, 4.69) is 24.2 Å². The lowest BCUT2D eigenvalue weighted by Crippen LogP contribution is -2.03. The molecule has 0 atom stereocenters. The third-order valence-electron chi connectivity index (χ3n) is 1.74. The van der Waals surface area contributed by atoms with Crippen molar-refractivity contribution in [2.24, 2.45) is 13.0 Å².